The molecular weight excluding hydrogens is 360 g/mol. The average molecular weight is 386 g/mol. The van der Waals surface area contributed by atoms with Gasteiger partial charge in [-0.05, 0) is 37.1 Å². The van der Waals surface area contributed by atoms with Gasteiger partial charge in [-0.1, -0.05) is 35.9 Å². The highest BCUT2D eigenvalue weighted by atomic mass is 16.5. The van der Waals surface area contributed by atoms with Crippen molar-refractivity contribution in [3.8, 4) is 5.75 Å². The average Bonchev–Trinajstić information content (AvgIpc) is 2.69. The number of rotatable bonds is 8. The molecule has 2 aromatic carbocycles. The van der Waals surface area contributed by atoms with Crippen molar-refractivity contribution in [3.05, 3.63) is 59.2 Å². The van der Waals surface area contributed by atoms with E-state index < -0.39 is 17.9 Å². The lowest BCUT2D eigenvalue weighted by Gasteiger charge is -2.19. The van der Waals surface area contributed by atoms with Crippen molar-refractivity contribution in [1.82, 2.24) is 5.32 Å². The number of aliphatic hydroxyl groups excluding tert-OH is 1. The Morgan fingerprint density at radius 2 is 1.71 bits per heavy atom. The van der Waals surface area contributed by atoms with Crippen LogP contribution in [0, 0.1) is 13.8 Å². The molecule has 0 aliphatic heterocycles. The van der Waals surface area contributed by atoms with Crippen LogP contribution in [0.5, 0.6) is 5.75 Å². The Labute approximate surface area is 164 Å². The summed E-state index contributed by atoms with van der Waals surface area (Å²) < 4.78 is 10.8. The lowest BCUT2D eigenvalue weighted by atomic mass is 10.1. The van der Waals surface area contributed by atoms with E-state index in [0.29, 0.717) is 11.4 Å². The van der Waals surface area contributed by atoms with Gasteiger partial charge in [0.15, 0.2) is 0 Å². The number of carbonyl (C=O) groups is 2. The SMILES string of the molecule is COc1ccc(C)cc1NC(=O)C(=O)NCC(OCCO)c1ccc(C)cc1. The van der Waals surface area contributed by atoms with E-state index in [9.17, 15) is 9.59 Å². The third-order valence-corrected chi connectivity index (χ3v) is 4.12. The number of methoxy groups -OCH3 is 1. The molecule has 0 fully saturated rings. The van der Waals surface area contributed by atoms with E-state index in [2.05, 4.69) is 10.6 Å². The normalized spacial score (nSPS) is 11.6. The fourth-order valence-corrected chi connectivity index (χ4v) is 2.61. The summed E-state index contributed by atoms with van der Waals surface area (Å²) in [6.45, 7) is 3.93. The number of anilines is 1. The highest BCUT2D eigenvalue weighted by Gasteiger charge is 2.19. The maximum atomic E-state index is 12.2. The van der Waals surface area contributed by atoms with Gasteiger partial charge in [0.1, 0.15) is 5.75 Å². The van der Waals surface area contributed by atoms with Crippen LogP contribution in [0.25, 0.3) is 0 Å². The summed E-state index contributed by atoms with van der Waals surface area (Å²) in [4.78, 5) is 24.5. The molecule has 2 rings (SSSR count). The minimum atomic E-state index is -0.797. The number of hydrogen-bond donors (Lipinski definition) is 3. The molecule has 0 aliphatic rings. The first-order valence-corrected chi connectivity index (χ1v) is 8.97. The summed E-state index contributed by atoms with van der Waals surface area (Å²) in [7, 11) is 1.49. The van der Waals surface area contributed by atoms with Gasteiger partial charge in [0, 0.05) is 6.54 Å². The number of hydrogen-bond acceptors (Lipinski definition) is 5. The lowest BCUT2D eigenvalue weighted by molar-refractivity contribution is -0.136. The highest BCUT2D eigenvalue weighted by molar-refractivity contribution is 6.39. The van der Waals surface area contributed by atoms with E-state index >= 15 is 0 Å². The number of aryl methyl sites for hydroxylation is 2. The van der Waals surface area contributed by atoms with Gasteiger partial charge >= 0.3 is 11.8 Å². The van der Waals surface area contributed by atoms with Crippen molar-refractivity contribution in [3.63, 3.8) is 0 Å². The summed E-state index contributed by atoms with van der Waals surface area (Å²) in [6.07, 6.45) is -0.474. The van der Waals surface area contributed by atoms with Crippen LogP contribution < -0.4 is 15.4 Å². The zero-order chi connectivity index (χ0) is 20.5. The Morgan fingerprint density at radius 1 is 1.04 bits per heavy atom. The number of benzene rings is 2. The molecule has 0 aromatic heterocycles. The second-order valence-corrected chi connectivity index (χ2v) is 6.36. The monoisotopic (exact) mass is 386 g/mol. The molecule has 2 amide bonds. The Bertz CT molecular complexity index is 805. The van der Waals surface area contributed by atoms with Crippen molar-refractivity contribution >= 4 is 17.5 Å². The van der Waals surface area contributed by atoms with Gasteiger partial charge < -0.3 is 25.2 Å². The van der Waals surface area contributed by atoms with Crippen LogP contribution in [0.15, 0.2) is 42.5 Å². The molecule has 28 heavy (non-hydrogen) atoms. The first-order valence-electron chi connectivity index (χ1n) is 8.97. The first kappa shape index (κ1) is 21.4. The van der Waals surface area contributed by atoms with E-state index in [4.69, 9.17) is 14.6 Å². The Balaban J connectivity index is 2.00. The molecule has 0 saturated carbocycles. The molecule has 1 unspecified atom stereocenters. The molecule has 0 aliphatic carbocycles. The molecule has 0 heterocycles. The molecule has 0 radical (unpaired) electrons. The van der Waals surface area contributed by atoms with Crippen LogP contribution in [0.2, 0.25) is 0 Å². The maximum Gasteiger partial charge on any atom is 0.313 e. The van der Waals surface area contributed by atoms with Crippen LogP contribution in [0.4, 0.5) is 5.69 Å². The quantitative estimate of drug-likeness (QED) is 0.604. The second-order valence-electron chi connectivity index (χ2n) is 6.36. The molecule has 0 saturated heterocycles. The molecule has 2 aromatic rings. The summed E-state index contributed by atoms with van der Waals surface area (Å²) in [5.41, 5.74) is 3.29. The Kier molecular flexibility index (Phi) is 7.98. The van der Waals surface area contributed by atoms with E-state index in [1.54, 1.807) is 12.1 Å². The topological polar surface area (TPSA) is 96.9 Å². The zero-order valence-corrected chi connectivity index (χ0v) is 16.3. The fraction of sp³-hybridized carbons (Fsp3) is 0.333. The maximum absolute atomic E-state index is 12.2. The second kappa shape index (κ2) is 10.4. The van der Waals surface area contributed by atoms with E-state index in [0.717, 1.165) is 16.7 Å². The van der Waals surface area contributed by atoms with Crippen LogP contribution in [-0.2, 0) is 14.3 Å². The summed E-state index contributed by atoms with van der Waals surface area (Å²) >= 11 is 0. The van der Waals surface area contributed by atoms with Crippen LogP contribution in [0.1, 0.15) is 22.8 Å². The molecule has 0 spiro atoms. The number of carbonyl (C=O) groups excluding carboxylic acids is 2. The third kappa shape index (κ3) is 6.07. The zero-order valence-electron chi connectivity index (χ0n) is 16.3. The van der Waals surface area contributed by atoms with Gasteiger partial charge in [-0.2, -0.15) is 0 Å². The van der Waals surface area contributed by atoms with Crippen molar-refractivity contribution in [1.29, 1.82) is 0 Å². The molecular formula is C21H26N2O5. The van der Waals surface area contributed by atoms with Gasteiger partial charge in [-0.15, -0.1) is 0 Å². The smallest absolute Gasteiger partial charge is 0.313 e. The molecule has 7 heteroatoms. The van der Waals surface area contributed by atoms with Crippen molar-refractivity contribution in [2.45, 2.75) is 20.0 Å². The standard InChI is InChI=1S/C21H26N2O5/c1-14-4-7-16(8-5-14)19(28-11-10-24)13-22-20(25)21(26)23-17-12-15(2)6-9-18(17)27-3/h4-9,12,19,24H,10-11,13H2,1-3H3,(H,22,25)(H,23,26). The molecule has 0 bridgehead atoms. The van der Waals surface area contributed by atoms with Crippen molar-refractivity contribution < 1.29 is 24.2 Å². The van der Waals surface area contributed by atoms with Crippen molar-refractivity contribution in [2.24, 2.45) is 0 Å². The van der Waals surface area contributed by atoms with E-state index in [-0.39, 0.29) is 19.8 Å². The van der Waals surface area contributed by atoms with Gasteiger partial charge in [-0.25, -0.2) is 0 Å². The van der Waals surface area contributed by atoms with E-state index in [1.807, 2.05) is 44.2 Å². The Hall–Kier alpha value is -2.90. The Morgan fingerprint density at radius 3 is 2.36 bits per heavy atom. The van der Waals surface area contributed by atoms with E-state index in [1.165, 1.54) is 7.11 Å². The van der Waals surface area contributed by atoms with Gasteiger partial charge in [0.25, 0.3) is 0 Å². The molecule has 1 atom stereocenters. The van der Waals surface area contributed by atoms with Crippen LogP contribution >= 0.6 is 0 Å². The summed E-state index contributed by atoms with van der Waals surface area (Å²) in [5, 5.41) is 14.2. The van der Waals surface area contributed by atoms with Gasteiger partial charge in [0.05, 0.1) is 32.1 Å². The molecule has 3 N–H and O–H groups in total. The number of aliphatic hydroxyl groups is 1. The largest absolute Gasteiger partial charge is 0.495 e. The third-order valence-electron chi connectivity index (χ3n) is 4.12. The fourth-order valence-electron chi connectivity index (χ4n) is 2.61. The summed E-state index contributed by atoms with van der Waals surface area (Å²) in [6, 6.07) is 12.9. The molecule has 7 nitrogen and oxygen atoms in total. The lowest BCUT2D eigenvalue weighted by Crippen LogP contribution is -2.38. The van der Waals surface area contributed by atoms with Crippen molar-refractivity contribution in [2.75, 3.05) is 32.2 Å². The minimum absolute atomic E-state index is 0.0975. The number of ether oxygens (including phenoxy) is 2. The van der Waals surface area contributed by atoms with Gasteiger partial charge in [-0.3, -0.25) is 9.59 Å². The first-order chi connectivity index (χ1) is 13.4. The minimum Gasteiger partial charge on any atom is -0.495 e. The predicted octanol–water partition coefficient (Wildman–Crippen LogP) is 2.12. The number of amides is 2. The summed E-state index contributed by atoms with van der Waals surface area (Å²) in [5.74, 6) is -1.11. The predicted molar refractivity (Wildman–Crippen MR) is 106 cm³/mol. The number of nitrogens with one attached hydrogen (secondary N) is 2. The van der Waals surface area contributed by atoms with Gasteiger partial charge in [0.2, 0.25) is 0 Å². The van der Waals surface area contributed by atoms with Crippen LogP contribution in [-0.4, -0.2) is 43.8 Å². The highest BCUT2D eigenvalue weighted by Crippen LogP contribution is 2.25. The molecule has 150 valence electrons. The van der Waals surface area contributed by atoms with Crippen LogP contribution in [0.3, 0.4) is 0 Å².